The molecule has 0 spiro atoms. The maximum absolute atomic E-state index is 12.1. The number of hydrogen-bond donors (Lipinski definition) is 1. The molecule has 2 atom stereocenters. The van der Waals surface area contributed by atoms with Crippen LogP contribution in [0.25, 0.3) is 0 Å². The third-order valence-corrected chi connectivity index (χ3v) is 3.62. The molecule has 1 aliphatic rings. The van der Waals surface area contributed by atoms with Gasteiger partial charge in [0.15, 0.2) is 0 Å². The molecule has 0 bridgehead atoms. The molecule has 1 amide bonds. The Hall–Kier alpha value is -1.99. The molecule has 7 heteroatoms. The highest BCUT2D eigenvalue weighted by Crippen LogP contribution is 2.28. The number of benzene rings is 1. The Morgan fingerprint density at radius 1 is 1.57 bits per heavy atom. The monoisotopic (exact) mass is 293 g/mol. The lowest BCUT2D eigenvalue weighted by Gasteiger charge is -2.30. The standard InChI is InChI=1S/C14H19N3O4/c1-10(6-7-21-2)16-13(18)9-15-14(16)11-4-3-5-12(8-11)17(19)20/h3-5,8,10,14-15H,6-7,9H2,1-2H3. The average Bonchev–Trinajstić information content (AvgIpc) is 2.86. The molecule has 0 radical (unpaired) electrons. The summed E-state index contributed by atoms with van der Waals surface area (Å²) < 4.78 is 5.05. The third kappa shape index (κ3) is 3.37. The van der Waals surface area contributed by atoms with Crippen molar-refractivity contribution >= 4 is 11.6 Å². The Bertz CT molecular complexity index is 535. The highest BCUT2D eigenvalue weighted by atomic mass is 16.6. The fourth-order valence-electron chi connectivity index (χ4n) is 2.53. The highest BCUT2D eigenvalue weighted by molar-refractivity contribution is 5.81. The van der Waals surface area contributed by atoms with Crippen LogP contribution in [0.2, 0.25) is 0 Å². The predicted molar refractivity (Wildman–Crippen MR) is 76.6 cm³/mol. The van der Waals surface area contributed by atoms with Crippen molar-refractivity contribution in [2.24, 2.45) is 0 Å². The number of carbonyl (C=O) groups excluding carboxylic acids is 1. The number of ether oxygens (including phenoxy) is 1. The summed E-state index contributed by atoms with van der Waals surface area (Å²) in [6.45, 7) is 2.76. The number of nitro groups is 1. The van der Waals surface area contributed by atoms with Gasteiger partial charge in [0, 0.05) is 31.9 Å². The summed E-state index contributed by atoms with van der Waals surface area (Å²) in [6, 6.07) is 6.37. The second-order valence-electron chi connectivity index (χ2n) is 5.07. The Labute approximate surface area is 123 Å². The largest absolute Gasteiger partial charge is 0.385 e. The molecule has 21 heavy (non-hydrogen) atoms. The van der Waals surface area contributed by atoms with E-state index in [1.807, 2.05) is 6.92 Å². The van der Waals surface area contributed by atoms with Crippen molar-refractivity contribution in [3.63, 3.8) is 0 Å². The van der Waals surface area contributed by atoms with Crippen molar-refractivity contribution in [3.8, 4) is 0 Å². The zero-order valence-corrected chi connectivity index (χ0v) is 12.1. The molecular formula is C14H19N3O4. The van der Waals surface area contributed by atoms with Gasteiger partial charge >= 0.3 is 0 Å². The summed E-state index contributed by atoms with van der Waals surface area (Å²) in [5.74, 6) is -0.00453. The lowest BCUT2D eigenvalue weighted by Crippen LogP contribution is -2.38. The Morgan fingerprint density at radius 3 is 3.00 bits per heavy atom. The highest BCUT2D eigenvalue weighted by Gasteiger charge is 2.35. The van der Waals surface area contributed by atoms with Crippen LogP contribution in [0.3, 0.4) is 0 Å². The first-order valence-electron chi connectivity index (χ1n) is 6.82. The molecule has 114 valence electrons. The summed E-state index contributed by atoms with van der Waals surface area (Å²) in [5.41, 5.74) is 0.748. The minimum absolute atomic E-state index is 0.00304. The number of nitro benzene ring substituents is 1. The molecule has 1 fully saturated rings. The summed E-state index contributed by atoms with van der Waals surface area (Å²) in [6.07, 6.45) is 0.388. The molecule has 1 aliphatic heterocycles. The molecule has 2 unspecified atom stereocenters. The average molecular weight is 293 g/mol. The Morgan fingerprint density at radius 2 is 2.33 bits per heavy atom. The van der Waals surface area contributed by atoms with Gasteiger partial charge in [-0.1, -0.05) is 12.1 Å². The number of carbonyl (C=O) groups is 1. The van der Waals surface area contributed by atoms with Gasteiger partial charge in [-0.25, -0.2) is 0 Å². The number of nitrogens with zero attached hydrogens (tertiary/aromatic N) is 2. The lowest BCUT2D eigenvalue weighted by atomic mass is 10.1. The van der Waals surface area contributed by atoms with Gasteiger partial charge in [0.25, 0.3) is 5.69 Å². The summed E-state index contributed by atoms with van der Waals surface area (Å²) in [5, 5.41) is 14.0. The van der Waals surface area contributed by atoms with E-state index in [1.165, 1.54) is 12.1 Å². The molecule has 1 aromatic carbocycles. The molecule has 1 aromatic rings. The predicted octanol–water partition coefficient (Wildman–Crippen LogP) is 1.45. The van der Waals surface area contributed by atoms with E-state index in [-0.39, 0.29) is 30.3 Å². The maximum atomic E-state index is 12.1. The zero-order chi connectivity index (χ0) is 15.4. The number of amides is 1. The molecule has 0 aromatic heterocycles. The van der Waals surface area contributed by atoms with Crippen molar-refractivity contribution < 1.29 is 14.5 Å². The van der Waals surface area contributed by atoms with Crippen LogP contribution >= 0.6 is 0 Å². The van der Waals surface area contributed by atoms with Crippen LogP contribution in [-0.2, 0) is 9.53 Å². The van der Waals surface area contributed by atoms with Gasteiger partial charge < -0.3 is 9.64 Å². The van der Waals surface area contributed by atoms with E-state index in [2.05, 4.69) is 5.32 Å². The summed E-state index contributed by atoms with van der Waals surface area (Å²) in [7, 11) is 1.62. The van der Waals surface area contributed by atoms with Crippen LogP contribution in [0.5, 0.6) is 0 Å². The number of methoxy groups -OCH3 is 1. The smallest absolute Gasteiger partial charge is 0.269 e. The second kappa shape index (κ2) is 6.64. The van der Waals surface area contributed by atoms with E-state index in [0.29, 0.717) is 6.61 Å². The van der Waals surface area contributed by atoms with Gasteiger partial charge in [-0.2, -0.15) is 0 Å². The lowest BCUT2D eigenvalue weighted by molar-refractivity contribution is -0.385. The number of non-ortho nitro benzene ring substituents is 1. The SMILES string of the molecule is COCCC(C)N1C(=O)CNC1c1cccc([N+](=O)[O-])c1. The maximum Gasteiger partial charge on any atom is 0.269 e. The van der Waals surface area contributed by atoms with Crippen LogP contribution in [0, 0.1) is 10.1 Å². The second-order valence-corrected chi connectivity index (χ2v) is 5.07. The minimum Gasteiger partial charge on any atom is -0.385 e. The van der Waals surface area contributed by atoms with Gasteiger partial charge in [-0.3, -0.25) is 20.2 Å². The normalized spacial score (nSPS) is 19.8. The van der Waals surface area contributed by atoms with E-state index in [9.17, 15) is 14.9 Å². The Kier molecular flexibility index (Phi) is 4.87. The first-order chi connectivity index (χ1) is 10.0. The first-order valence-corrected chi connectivity index (χ1v) is 6.82. The van der Waals surface area contributed by atoms with Crippen molar-refractivity contribution in [3.05, 3.63) is 39.9 Å². The van der Waals surface area contributed by atoms with Crippen molar-refractivity contribution in [2.45, 2.75) is 25.6 Å². The van der Waals surface area contributed by atoms with E-state index in [1.54, 1.807) is 24.1 Å². The number of nitrogens with one attached hydrogen (secondary N) is 1. The molecule has 0 aliphatic carbocycles. The van der Waals surface area contributed by atoms with Gasteiger partial charge in [0.05, 0.1) is 11.5 Å². The van der Waals surface area contributed by atoms with Gasteiger partial charge in [-0.05, 0) is 18.9 Å². The van der Waals surface area contributed by atoms with Crippen LogP contribution in [0.4, 0.5) is 5.69 Å². The van der Waals surface area contributed by atoms with Gasteiger partial charge in [-0.15, -0.1) is 0 Å². The molecule has 1 saturated heterocycles. The number of rotatable bonds is 6. The summed E-state index contributed by atoms with van der Waals surface area (Å²) in [4.78, 5) is 24.2. The molecule has 2 rings (SSSR count). The topological polar surface area (TPSA) is 84.7 Å². The molecular weight excluding hydrogens is 274 g/mol. The van der Waals surface area contributed by atoms with E-state index >= 15 is 0 Å². The van der Waals surface area contributed by atoms with Crippen LogP contribution in [0.15, 0.2) is 24.3 Å². The molecule has 1 N–H and O–H groups in total. The zero-order valence-electron chi connectivity index (χ0n) is 12.1. The van der Waals surface area contributed by atoms with E-state index in [0.717, 1.165) is 12.0 Å². The van der Waals surface area contributed by atoms with Crippen LogP contribution in [0.1, 0.15) is 25.1 Å². The van der Waals surface area contributed by atoms with Crippen molar-refractivity contribution in [1.29, 1.82) is 0 Å². The minimum atomic E-state index is -0.432. The molecule has 7 nitrogen and oxygen atoms in total. The van der Waals surface area contributed by atoms with Crippen molar-refractivity contribution in [2.75, 3.05) is 20.3 Å². The Balaban J connectivity index is 2.22. The number of hydrogen-bond acceptors (Lipinski definition) is 5. The van der Waals surface area contributed by atoms with Gasteiger partial charge in [0.1, 0.15) is 6.17 Å². The fraction of sp³-hybridized carbons (Fsp3) is 0.500. The third-order valence-electron chi connectivity index (χ3n) is 3.62. The fourth-order valence-corrected chi connectivity index (χ4v) is 2.53. The van der Waals surface area contributed by atoms with Crippen LogP contribution in [-0.4, -0.2) is 42.0 Å². The summed E-state index contributed by atoms with van der Waals surface area (Å²) >= 11 is 0. The van der Waals surface area contributed by atoms with Crippen molar-refractivity contribution in [1.82, 2.24) is 10.2 Å². The van der Waals surface area contributed by atoms with Gasteiger partial charge in [0.2, 0.25) is 5.91 Å². The molecule has 0 saturated carbocycles. The van der Waals surface area contributed by atoms with E-state index in [4.69, 9.17) is 4.74 Å². The quantitative estimate of drug-likeness (QED) is 0.634. The van der Waals surface area contributed by atoms with E-state index < -0.39 is 4.92 Å². The van der Waals surface area contributed by atoms with Crippen LogP contribution < -0.4 is 5.32 Å². The first kappa shape index (κ1) is 15.4. The molecule has 1 heterocycles.